The Labute approximate surface area is 119 Å². The molecule has 0 spiro atoms. The fraction of sp³-hybridized carbons (Fsp3) is 0.462. The topological polar surface area (TPSA) is 89.7 Å². The molecule has 7 heteroatoms. The van der Waals surface area contributed by atoms with Crippen molar-refractivity contribution in [3.8, 4) is 5.75 Å². The second-order valence-electron chi connectivity index (χ2n) is 4.33. The van der Waals surface area contributed by atoms with Gasteiger partial charge in [-0.1, -0.05) is 0 Å². The van der Waals surface area contributed by atoms with Crippen molar-refractivity contribution in [1.29, 1.82) is 0 Å². The van der Waals surface area contributed by atoms with E-state index in [0.717, 1.165) is 6.26 Å². The molecule has 112 valence electrons. The summed E-state index contributed by atoms with van der Waals surface area (Å²) in [6.45, 7) is 2.64. The minimum absolute atomic E-state index is 0.156. The van der Waals surface area contributed by atoms with Gasteiger partial charge >= 0.3 is 0 Å². The second-order valence-corrected chi connectivity index (χ2v) is 6.24. The van der Waals surface area contributed by atoms with Crippen LogP contribution in [0, 0.1) is 0 Å². The van der Waals surface area contributed by atoms with Crippen molar-refractivity contribution in [1.82, 2.24) is 0 Å². The second kappa shape index (κ2) is 7.14. The summed E-state index contributed by atoms with van der Waals surface area (Å²) < 4.78 is 30.2. The van der Waals surface area contributed by atoms with Crippen LogP contribution in [0.1, 0.15) is 19.8 Å². The van der Waals surface area contributed by atoms with Gasteiger partial charge in [-0.15, -0.1) is 0 Å². The minimum Gasteiger partial charge on any atom is -0.494 e. The first-order chi connectivity index (χ1) is 9.34. The average molecular weight is 300 g/mol. The number of amides is 1. The van der Waals surface area contributed by atoms with E-state index in [1.165, 1.54) is 4.31 Å². The first kappa shape index (κ1) is 16.3. The zero-order valence-electron chi connectivity index (χ0n) is 11.7. The van der Waals surface area contributed by atoms with Gasteiger partial charge in [-0.3, -0.25) is 9.10 Å². The predicted molar refractivity (Wildman–Crippen MR) is 78.2 cm³/mol. The van der Waals surface area contributed by atoms with E-state index in [0.29, 0.717) is 24.5 Å². The van der Waals surface area contributed by atoms with E-state index in [-0.39, 0.29) is 13.0 Å². The quantitative estimate of drug-likeness (QED) is 0.779. The smallest absolute Gasteiger partial charge is 0.232 e. The standard InChI is InChI=1S/C13H20N2O4S/c1-3-19-12-8-6-11(7-9-12)15(20(2,17)18)10-4-5-13(14)16/h6-9H,3-5,10H2,1-2H3,(H2,14,16). The number of rotatable bonds is 8. The van der Waals surface area contributed by atoms with E-state index in [2.05, 4.69) is 0 Å². The largest absolute Gasteiger partial charge is 0.494 e. The number of ether oxygens (including phenoxy) is 1. The molecule has 1 aromatic carbocycles. The lowest BCUT2D eigenvalue weighted by molar-refractivity contribution is -0.118. The van der Waals surface area contributed by atoms with Crippen LogP contribution in [0.25, 0.3) is 0 Å². The van der Waals surface area contributed by atoms with E-state index in [9.17, 15) is 13.2 Å². The van der Waals surface area contributed by atoms with E-state index in [1.54, 1.807) is 24.3 Å². The molecular formula is C13H20N2O4S. The third-order valence-electron chi connectivity index (χ3n) is 2.62. The van der Waals surface area contributed by atoms with Gasteiger partial charge in [0.05, 0.1) is 18.6 Å². The van der Waals surface area contributed by atoms with Gasteiger partial charge in [-0.05, 0) is 37.6 Å². The number of carbonyl (C=O) groups excluding carboxylic acids is 1. The molecular weight excluding hydrogens is 280 g/mol. The Kier molecular flexibility index (Phi) is 5.82. The van der Waals surface area contributed by atoms with Crippen LogP contribution in [0.3, 0.4) is 0 Å². The molecule has 0 unspecified atom stereocenters. The molecule has 2 N–H and O–H groups in total. The van der Waals surface area contributed by atoms with E-state index >= 15 is 0 Å². The highest BCUT2D eigenvalue weighted by molar-refractivity contribution is 7.92. The molecule has 0 aliphatic carbocycles. The Bertz CT molecular complexity index is 540. The highest BCUT2D eigenvalue weighted by atomic mass is 32.2. The molecule has 0 saturated heterocycles. The third-order valence-corrected chi connectivity index (χ3v) is 3.81. The number of primary amides is 1. The van der Waals surface area contributed by atoms with Crippen LogP contribution in [0.4, 0.5) is 5.69 Å². The van der Waals surface area contributed by atoms with Crippen molar-refractivity contribution >= 4 is 21.6 Å². The number of nitrogens with two attached hydrogens (primary N) is 1. The summed E-state index contributed by atoms with van der Waals surface area (Å²) in [6.07, 6.45) is 1.67. The zero-order valence-corrected chi connectivity index (χ0v) is 12.5. The lowest BCUT2D eigenvalue weighted by Gasteiger charge is -2.22. The maximum atomic E-state index is 11.8. The van der Waals surface area contributed by atoms with Crippen molar-refractivity contribution in [2.45, 2.75) is 19.8 Å². The van der Waals surface area contributed by atoms with E-state index in [4.69, 9.17) is 10.5 Å². The molecule has 0 aliphatic heterocycles. The fourth-order valence-corrected chi connectivity index (χ4v) is 2.72. The molecule has 0 fully saturated rings. The van der Waals surface area contributed by atoms with Gasteiger partial charge in [0.15, 0.2) is 0 Å². The van der Waals surface area contributed by atoms with Crippen molar-refractivity contribution < 1.29 is 17.9 Å². The van der Waals surface area contributed by atoms with Gasteiger partial charge in [0.2, 0.25) is 15.9 Å². The molecule has 6 nitrogen and oxygen atoms in total. The molecule has 1 rings (SSSR count). The van der Waals surface area contributed by atoms with Crippen LogP contribution < -0.4 is 14.8 Å². The lowest BCUT2D eigenvalue weighted by atomic mass is 10.2. The third kappa shape index (κ3) is 5.08. The SMILES string of the molecule is CCOc1ccc(N(CCCC(N)=O)S(C)(=O)=O)cc1. The molecule has 0 radical (unpaired) electrons. The molecule has 1 aromatic rings. The summed E-state index contributed by atoms with van der Waals surface area (Å²) in [5.74, 6) is 0.243. The minimum atomic E-state index is -3.40. The number of carbonyl (C=O) groups is 1. The molecule has 0 aliphatic rings. The van der Waals surface area contributed by atoms with Gasteiger partial charge < -0.3 is 10.5 Å². The molecule has 0 atom stereocenters. The molecule has 0 aromatic heterocycles. The van der Waals surface area contributed by atoms with Crippen molar-refractivity contribution in [3.05, 3.63) is 24.3 Å². The Hall–Kier alpha value is -1.76. The van der Waals surface area contributed by atoms with Crippen LogP contribution in [0.15, 0.2) is 24.3 Å². The highest BCUT2D eigenvalue weighted by Crippen LogP contribution is 2.22. The number of sulfonamides is 1. The predicted octanol–water partition coefficient (Wildman–Crippen LogP) is 1.12. The monoisotopic (exact) mass is 300 g/mol. The van der Waals surface area contributed by atoms with Gasteiger partial charge in [0.1, 0.15) is 5.75 Å². The Morgan fingerprint density at radius 3 is 2.35 bits per heavy atom. The highest BCUT2D eigenvalue weighted by Gasteiger charge is 2.17. The molecule has 0 bridgehead atoms. The first-order valence-corrected chi connectivity index (χ1v) is 8.18. The van der Waals surface area contributed by atoms with Crippen molar-refractivity contribution in [2.24, 2.45) is 5.73 Å². The number of hydrogen-bond donors (Lipinski definition) is 1. The first-order valence-electron chi connectivity index (χ1n) is 6.33. The number of nitrogens with zero attached hydrogens (tertiary/aromatic N) is 1. The summed E-state index contributed by atoms with van der Waals surface area (Å²) >= 11 is 0. The number of hydrogen-bond acceptors (Lipinski definition) is 4. The van der Waals surface area contributed by atoms with Gasteiger partial charge in [0, 0.05) is 13.0 Å². The normalized spacial score (nSPS) is 11.1. The average Bonchev–Trinajstić information content (AvgIpc) is 2.34. The molecule has 1 amide bonds. The molecule has 20 heavy (non-hydrogen) atoms. The van der Waals surface area contributed by atoms with Gasteiger partial charge in [-0.2, -0.15) is 0 Å². The summed E-state index contributed by atoms with van der Waals surface area (Å²) in [4.78, 5) is 10.7. The van der Waals surface area contributed by atoms with Crippen LogP contribution in [0.2, 0.25) is 0 Å². The summed E-state index contributed by atoms with van der Waals surface area (Å²) in [5, 5.41) is 0. The molecule has 0 heterocycles. The van der Waals surface area contributed by atoms with E-state index < -0.39 is 15.9 Å². The molecule has 0 saturated carbocycles. The lowest BCUT2D eigenvalue weighted by Crippen LogP contribution is -2.31. The zero-order chi connectivity index (χ0) is 15.2. The van der Waals surface area contributed by atoms with Gasteiger partial charge in [0.25, 0.3) is 0 Å². The Morgan fingerprint density at radius 2 is 1.90 bits per heavy atom. The number of anilines is 1. The summed E-state index contributed by atoms with van der Waals surface area (Å²) in [6, 6.07) is 6.78. The van der Waals surface area contributed by atoms with Crippen molar-refractivity contribution in [2.75, 3.05) is 23.7 Å². The maximum absolute atomic E-state index is 11.8. The fourth-order valence-electron chi connectivity index (χ4n) is 1.76. The summed E-state index contributed by atoms with van der Waals surface area (Å²) in [5.41, 5.74) is 5.60. The van der Waals surface area contributed by atoms with Crippen molar-refractivity contribution in [3.63, 3.8) is 0 Å². The van der Waals surface area contributed by atoms with Crippen LogP contribution in [0.5, 0.6) is 5.75 Å². The number of benzene rings is 1. The Balaban J connectivity index is 2.85. The van der Waals surface area contributed by atoms with Gasteiger partial charge in [-0.25, -0.2) is 8.42 Å². The maximum Gasteiger partial charge on any atom is 0.232 e. The van der Waals surface area contributed by atoms with Crippen LogP contribution in [-0.2, 0) is 14.8 Å². The Morgan fingerprint density at radius 1 is 1.30 bits per heavy atom. The summed E-state index contributed by atoms with van der Waals surface area (Å²) in [7, 11) is -3.40. The van der Waals surface area contributed by atoms with E-state index in [1.807, 2.05) is 6.92 Å². The van der Waals surface area contributed by atoms with Crippen LogP contribution in [-0.4, -0.2) is 33.7 Å². The van der Waals surface area contributed by atoms with Crippen LogP contribution >= 0.6 is 0 Å².